The van der Waals surface area contributed by atoms with E-state index in [9.17, 15) is 18.0 Å². The maximum absolute atomic E-state index is 12.5. The summed E-state index contributed by atoms with van der Waals surface area (Å²) in [7, 11) is 0. The molecule has 1 amide bonds. The fraction of sp³-hybridized carbons (Fsp3) is 0.133. The second-order valence-electron chi connectivity index (χ2n) is 4.50. The standard InChI is InChI=1S/C15H10BrF3INO/c16-11-5-6-13(20)12(7-11)14(22)21-8-9-1-3-10(4-2-9)15(17,18)19/h1-7H,8H2,(H,21,22). The van der Waals surface area contributed by atoms with E-state index in [-0.39, 0.29) is 12.5 Å². The second-order valence-corrected chi connectivity index (χ2v) is 6.58. The van der Waals surface area contributed by atoms with E-state index in [1.807, 2.05) is 6.07 Å². The highest BCUT2D eigenvalue weighted by molar-refractivity contribution is 14.1. The number of amides is 1. The van der Waals surface area contributed by atoms with Gasteiger partial charge in [-0.25, -0.2) is 0 Å². The highest BCUT2D eigenvalue weighted by Crippen LogP contribution is 2.29. The zero-order chi connectivity index (χ0) is 16.3. The first-order chi connectivity index (χ1) is 10.3. The fourth-order valence-corrected chi connectivity index (χ4v) is 2.70. The van der Waals surface area contributed by atoms with Gasteiger partial charge in [0.15, 0.2) is 0 Å². The van der Waals surface area contributed by atoms with Gasteiger partial charge < -0.3 is 5.32 Å². The number of alkyl halides is 3. The van der Waals surface area contributed by atoms with Crippen LogP contribution < -0.4 is 5.32 Å². The van der Waals surface area contributed by atoms with E-state index in [1.54, 1.807) is 12.1 Å². The Hall–Kier alpha value is -1.09. The van der Waals surface area contributed by atoms with Gasteiger partial charge in [0.05, 0.1) is 11.1 Å². The molecule has 2 nitrogen and oxygen atoms in total. The molecule has 0 aliphatic carbocycles. The zero-order valence-electron chi connectivity index (χ0n) is 11.0. The van der Waals surface area contributed by atoms with Crippen molar-refractivity contribution in [3.8, 4) is 0 Å². The zero-order valence-corrected chi connectivity index (χ0v) is 14.8. The normalized spacial score (nSPS) is 11.3. The van der Waals surface area contributed by atoms with Gasteiger partial charge in [0, 0.05) is 14.6 Å². The van der Waals surface area contributed by atoms with Gasteiger partial charge in [-0.2, -0.15) is 13.2 Å². The molecule has 0 unspecified atom stereocenters. The molecule has 0 aromatic heterocycles. The molecule has 0 saturated carbocycles. The average molecular weight is 484 g/mol. The Morgan fingerprint density at radius 1 is 1.14 bits per heavy atom. The van der Waals surface area contributed by atoms with Crippen LogP contribution in [0.4, 0.5) is 13.2 Å². The van der Waals surface area contributed by atoms with Crippen molar-refractivity contribution in [3.05, 3.63) is 67.2 Å². The van der Waals surface area contributed by atoms with Crippen molar-refractivity contribution >= 4 is 44.4 Å². The van der Waals surface area contributed by atoms with Gasteiger partial charge in [-0.15, -0.1) is 0 Å². The van der Waals surface area contributed by atoms with Gasteiger partial charge >= 0.3 is 6.18 Å². The Morgan fingerprint density at radius 3 is 2.36 bits per heavy atom. The van der Waals surface area contributed by atoms with Gasteiger partial charge in [-0.1, -0.05) is 28.1 Å². The summed E-state index contributed by atoms with van der Waals surface area (Å²) in [5.74, 6) is -0.273. The quantitative estimate of drug-likeness (QED) is 0.611. The van der Waals surface area contributed by atoms with E-state index in [2.05, 4.69) is 43.8 Å². The molecule has 2 aromatic rings. The van der Waals surface area contributed by atoms with E-state index in [0.29, 0.717) is 11.1 Å². The Morgan fingerprint density at radius 2 is 1.77 bits per heavy atom. The summed E-state index contributed by atoms with van der Waals surface area (Å²) in [4.78, 5) is 12.1. The van der Waals surface area contributed by atoms with E-state index >= 15 is 0 Å². The summed E-state index contributed by atoms with van der Waals surface area (Å²) in [6, 6.07) is 10.1. The fourth-order valence-electron chi connectivity index (χ4n) is 1.76. The summed E-state index contributed by atoms with van der Waals surface area (Å²) >= 11 is 5.35. The highest BCUT2D eigenvalue weighted by atomic mass is 127. The molecule has 0 aliphatic rings. The summed E-state index contributed by atoms with van der Waals surface area (Å²) in [6.45, 7) is 0.166. The van der Waals surface area contributed by atoms with Crippen LogP contribution in [0.1, 0.15) is 21.5 Å². The van der Waals surface area contributed by atoms with E-state index in [4.69, 9.17) is 0 Å². The Balaban J connectivity index is 2.04. The first-order valence-electron chi connectivity index (χ1n) is 6.17. The lowest BCUT2D eigenvalue weighted by atomic mass is 10.1. The van der Waals surface area contributed by atoms with Gasteiger partial charge in [0.1, 0.15) is 0 Å². The van der Waals surface area contributed by atoms with E-state index in [1.165, 1.54) is 12.1 Å². The lowest BCUT2D eigenvalue weighted by molar-refractivity contribution is -0.137. The van der Waals surface area contributed by atoms with E-state index in [0.717, 1.165) is 20.2 Å². The van der Waals surface area contributed by atoms with Crippen molar-refractivity contribution in [1.29, 1.82) is 0 Å². The molecule has 22 heavy (non-hydrogen) atoms. The molecule has 0 bridgehead atoms. The number of hydrogen-bond donors (Lipinski definition) is 1. The molecule has 0 atom stereocenters. The first kappa shape index (κ1) is 17.3. The number of carbonyl (C=O) groups excluding carboxylic acids is 1. The second kappa shape index (κ2) is 6.99. The van der Waals surface area contributed by atoms with Crippen LogP contribution in [-0.2, 0) is 12.7 Å². The minimum Gasteiger partial charge on any atom is -0.348 e. The molecule has 116 valence electrons. The molecule has 0 radical (unpaired) electrons. The number of rotatable bonds is 3. The third-order valence-electron chi connectivity index (χ3n) is 2.91. The topological polar surface area (TPSA) is 29.1 Å². The SMILES string of the molecule is O=C(NCc1ccc(C(F)(F)F)cc1)c1cc(Br)ccc1I. The number of benzene rings is 2. The van der Waals surface area contributed by atoms with Crippen LogP contribution in [0.5, 0.6) is 0 Å². The molecule has 0 saturated heterocycles. The number of hydrogen-bond acceptors (Lipinski definition) is 1. The third-order valence-corrected chi connectivity index (χ3v) is 4.34. The summed E-state index contributed by atoms with van der Waals surface area (Å²) in [5, 5.41) is 2.70. The van der Waals surface area contributed by atoms with E-state index < -0.39 is 11.7 Å². The van der Waals surface area contributed by atoms with Crippen LogP contribution in [0.25, 0.3) is 0 Å². The number of carbonyl (C=O) groups is 1. The Labute approximate surface area is 147 Å². The number of nitrogens with one attached hydrogen (secondary N) is 1. The van der Waals surface area contributed by atoms with Crippen molar-refractivity contribution < 1.29 is 18.0 Å². The minimum atomic E-state index is -4.35. The molecule has 7 heteroatoms. The van der Waals surface area contributed by atoms with Gasteiger partial charge in [-0.05, 0) is 58.5 Å². The summed E-state index contributed by atoms with van der Waals surface area (Å²) in [6.07, 6.45) is -4.35. The van der Waals surface area contributed by atoms with Crippen LogP contribution >= 0.6 is 38.5 Å². The predicted octanol–water partition coefficient (Wildman–Crippen LogP) is 5.00. The number of halogens is 5. The lowest BCUT2D eigenvalue weighted by Crippen LogP contribution is -2.23. The molecule has 0 heterocycles. The van der Waals surface area contributed by atoms with Crippen LogP contribution in [-0.4, -0.2) is 5.91 Å². The maximum Gasteiger partial charge on any atom is 0.416 e. The van der Waals surface area contributed by atoms with Gasteiger partial charge in [0.25, 0.3) is 5.91 Å². The van der Waals surface area contributed by atoms with Crippen molar-refractivity contribution in [2.75, 3.05) is 0 Å². The van der Waals surface area contributed by atoms with Crippen molar-refractivity contribution in [3.63, 3.8) is 0 Å². The van der Waals surface area contributed by atoms with Crippen LogP contribution in [0, 0.1) is 3.57 Å². The minimum absolute atomic E-state index is 0.166. The van der Waals surface area contributed by atoms with Crippen molar-refractivity contribution in [2.45, 2.75) is 12.7 Å². The smallest absolute Gasteiger partial charge is 0.348 e. The van der Waals surface area contributed by atoms with Crippen LogP contribution in [0.15, 0.2) is 46.9 Å². The first-order valence-corrected chi connectivity index (χ1v) is 8.04. The molecule has 0 spiro atoms. The molecule has 0 aliphatic heterocycles. The highest BCUT2D eigenvalue weighted by Gasteiger charge is 2.29. The summed E-state index contributed by atoms with van der Waals surface area (Å²) in [5.41, 5.74) is 0.414. The largest absolute Gasteiger partial charge is 0.416 e. The predicted molar refractivity (Wildman–Crippen MR) is 89.5 cm³/mol. The molecule has 2 aromatic carbocycles. The van der Waals surface area contributed by atoms with Crippen molar-refractivity contribution in [1.82, 2.24) is 5.32 Å². The lowest BCUT2D eigenvalue weighted by Gasteiger charge is -2.09. The van der Waals surface area contributed by atoms with Gasteiger partial charge in [-0.3, -0.25) is 4.79 Å². The summed E-state index contributed by atoms with van der Waals surface area (Å²) < 4.78 is 39.0. The maximum atomic E-state index is 12.5. The molecular formula is C15H10BrF3INO. The Kier molecular flexibility index (Phi) is 5.49. The molecular weight excluding hydrogens is 474 g/mol. The van der Waals surface area contributed by atoms with Crippen LogP contribution in [0.3, 0.4) is 0 Å². The Bertz CT molecular complexity index is 686. The van der Waals surface area contributed by atoms with Crippen LogP contribution in [0.2, 0.25) is 0 Å². The van der Waals surface area contributed by atoms with Gasteiger partial charge in [0.2, 0.25) is 0 Å². The third kappa shape index (κ3) is 4.45. The molecule has 1 N–H and O–H groups in total. The molecule has 2 rings (SSSR count). The average Bonchev–Trinajstić information content (AvgIpc) is 2.47. The van der Waals surface area contributed by atoms with Crippen molar-refractivity contribution in [2.24, 2.45) is 0 Å². The monoisotopic (exact) mass is 483 g/mol. The molecule has 0 fully saturated rings.